The Morgan fingerprint density at radius 3 is 2.57 bits per heavy atom. The minimum atomic E-state index is 0.00644. The van der Waals surface area contributed by atoms with Gasteiger partial charge in [0, 0.05) is 6.54 Å². The van der Waals surface area contributed by atoms with Gasteiger partial charge < -0.3 is 14.4 Å². The van der Waals surface area contributed by atoms with E-state index in [1.807, 2.05) is 0 Å². The van der Waals surface area contributed by atoms with Crippen LogP contribution >= 0.6 is 0 Å². The van der Waals surface area contributed by atoms with Crippen LogP contribution in [0.3, 0.4) is 0 Å². The highest BCUT2D eigenvalue weighted by Crippen LogP contribution is 2.47. The summed E-state index contributed by atoms with van der Waals surface area (Å²) in [5.74, 6) is 0.762. The van der Waals surface area contributed by atoms with Crippen LogP contribution in [0.5, 0.6) is 0 Å². The first-order valence-electron chi connectivity index (χ1n) is 8.86. The van der Waals surface area contributed by atoms with Gasteiger partial charge in [0.15, 0.2) is 0 Å². The lowest BCUT2D eigenvalue weighted by molar-refractivity contribution is -0.201. The number of likely N-dealkylation sites (N-methyl/N-ethyl adjacent to an activating group) is 1. The molecule has 3 unspecified atom stereocenters. The van der Waals surface area contributed by atoms with Gasteiger partial charge in [-0.1, -0.05) is 34.6 Å². The summed E-state index contributed by atoms with van der Waals surface area (Å²) in [4.78, 5) is 2.49. The van der Waals surface area contributed by atoms with Crippen LogP contribution in [0.25, 0.3) is 0 Å². The molecule has 1 saturated carbocycles. The van der Waals surface area contributed by atoms with E-state index in [2.05, 4.69) is 39.5 Å². The van der Waals surface area contributed by atoms with Gasteiger partial charge in [0.2, 0.25) is 0 Å². The first-order chi connectivity index (χ1) is 9.88. The lowest BCUT2D eigenvalue weighted by Crippen LogP contribution is -2.50. The van der Waals surface area contributed by atoms with Crippen molar-refractivity contribution in [3.8, 4) is 0 Å². The average Bonchev–Trinajstić information content (AvgIpc) is 2.82. The van der Waals surface area contributed by atoms with Gasteiger partial charge in [0.05, 0.1) is 24.9 Å². The van der Waals surface area contributed by atoms with Crippen molar-refractivity contribution < 1.29 is 9.47 Å². The molecule has 3 heteroatoms. The van der Waals surface area contributed by atoms with Crippen molar-refractivity contribution in [3.63, 3.8) is 0 Å². The van der Waals surface area contributed by atoms with Gasteiger partial charge in [-0.05, 0) is 50.1 Å². The Morgan fingerprint density at radius 2 is 2.00 bits per heavy atom. The van der Waals surface area contributed by atoms with Crippen LogP contribution in [-0.2, 0) is 9.47 Å². The van der Waals surface area contributed by atoms with E-state index >= 15 is 0 Å². The monoisotopic (exact) mass is 297 g/mol. The van der Waals surface area contributed by atoms with Gasteiger partial charge in [-0.2, -0.15) is 0 Å². The van der Waals surface area contributed by atoms with Crippen molar-refractivity contribution in [2.75, 3.05) is 32.8 Å². The van der Waals surface area contributed by atoms with Crippen LogP contribution in [0.15, 0.2) is 0 Å². The van der Waals surface area contributed by atoms with Gasteiger partial charge in [-0.15, -0.1) is 0 Å². The van der Waals surface area contributed by atoms with Gasteiger partial charge >= 0.3 is 0 Å². The van der Waals surface area contributed by atoms with Crippen molar-refractivity contribution in [1.29, 1.82) is 0 Å². The zero-order chi connectivity index (χ0) is 15.5. The molecule has 1 spiro atoms. The summed E-state index contributed by atoms with van der Waals surface area (Å²) in [6, 6.07) is 0. The fourth-order valence-electron chi connectivity index (χ4n) is 3.94. The van der Waals surface area contributed by atoms with Crippen LogP contribution in [0.2, 0.25) is 0 Å². The van der Waals surface area contributed by atoms with Crippen molar-refractivity contribution in [2.45, 2.75) is 72.0 Å². The molecule has 1 saturated heterocycles. The molecule has 2 aliphatic rings. The average molecular weight is 297 g/mol. The molecular weight excluding hydrogens is 262 g/mol. The maximum atomic E-state index is 6.57. The fraction of sp³-hybridized carbons (Fsp3) is 1.00. The second-order valence-corrected chi connectivity index (χ2v) is 8.14. The van der Waals surface area contributed by atoms with Gasteiger partial charge in [0.1, 0.15) is 0 Å². The normalized spacial score (nSPS) is 34.0. The summed E-state index contributed by atoms with van der Waals surface area (Å²) in [5.41, 5.74) is 0.393. The molecule has 124 valence electrons. The van der Waals surface area contributed by atoms with Gasteiger partial charge in [-0.25, -0.2) is 0 Å². The number of rotatable bonds is 5. The summed E-state index contributed by atoms with van der Waals surface area (Å²) < 4.78 is 12.5. The zero-order valence-corrected chi connectivity index (χ0v) is 14.8. The van der Waals surface area contributed by atoms with E-state index in [-0.39, 0.29) is 11.7 Å². The molecule has 0 amide bonds. The summed E-state index contributed by atoms with van der Waals surface area (Å²) >= 11 is 0. The third-order valence-corrected chi connectivity index (χ3v) is 5.33. The zero-order valence-electron chi connectivity index (χ0n) is 14.8. The van der Waals surface area contributed by atoms with Crippen molar-refractivity contribution in [1.82, 2.24) is 4.90 Å². The maximum Gasteiger partial charge on any atom is 0.0943 e. The van der Waals surface area contributed by atoms with Gasteiger partial charge in [-0.3, -0.25) is 0 Å². The van der Waals surface area contributed by atoms with E-state index in [0.29, 0.717) is 5.41 Å². The molecule has 0 N–H and O–H groups in total. The molecule has 1 aliphatic carbocycles. The highest BCUT2D eigenvalue weighted by atomic mass is 16.6. The molecule has 0 aromatic heterocycles. The Bertz CT molecular complexity index is 326. The Hall–Kier alpha value is -0.120. The molecule has 21 heavy (non-hydrogen) atoms. The van der Waals surface area contributed by atoms with Crippen molar-refractivity contribution in [2.24, 2.45) is 11.3 Å². The molecule has 0 aromatic carbocycles. The predicted molar refractivity (Wildman–Crippen MR) is 87.6 cm³/mol. The largest absolute Gasteiger partial charge is 0.376 e. The fourth-order valence-corrected chi connectivity index (χ4v) is 3.94. The Labute approximate surface area is 131 Å². The topological polar surface area (TPSA) is 21.7 Å². The molecule has 0 bridgehead atoms. The minimum absolute atomic E-state index is 0.00644. The first-order valence-corrected chi connectivity index (χ1v) is 8.86. The lowest BCUT2D eigenvalue weighted by atomic mass is 9.79. The van der Waals surface area contributed by atoms with Crippen molar-refractivity contribution >= 4 is 0 Å². The molecule has 0 radical (unpaired) electrons. The third-order valence-electron chi connectivity index (χ3n) is 5.33. The number of hydrogen-bond acceptors (Lipinski definition) is 3. The van der Waals surface area contributed by atoms with E-state index in [9.17, 15) is 0 Å². The highest BCUT2D eigenvalue weighted by Gasteiger charge is 2.47. The standard InChI is InChI=1S/C18H35NO2/c1-6-10-19(7-2)12-16-13-20-14-18(21-16)9-8-15(11-18)17(3,4)5/h15-16H,6-14H2,1-5H3. The molecule has 1 aliphatic heterocycles. The Morgan fingerprint density at radius 1 is 1.24 bits per heavy atom. The van der Waals surface area contributed by atoms with E-state index < -0.39 is 0 Å². The molecule has 3 nitrogen and oxygen atoms in total. The van der Waals surface area contributed by atoms with E-state index in [0.717, 1.165) is 38.8 Å². The smallest absolute Gasteiger partial charge is 0.0943 e. The van der Waals surface area contributed by atoms with E-state index in [1.54, 1.807) is 0 Å². The molecule has 3 atom stereocenters. The van der Waals surface area contributed by atoms with Crippen molar-refractivity contribution in [3.05, 3.63) is 0 Å². The SMILES string of the molecule is CCCN(CC)CC1COCC2(CCC(C(C)(C)C)C2)O1. The molecule has 1 heterocycles. The van der Waals surface area contributed by atoms with E-state index in [1.165, 1.54) is 25.7 Å². The lowest BCUT2D eigenvalue weighted by Gasteiger charge is -2.41. The molecule has 2 rings (SSSR count). The Kier molecular flexibility index (Phi) is 5.72. The number of hydrogen-bond donors (Lipinski definition) is 0. The van der Waals surface area contributed by atoms with Gasteiger partial charge in [0.25, 0.3) is 0 Å². The summed E-state index contributed by atoms with van der Waals surface area (Å²) in [5, 5.41) is 0. The second-order valence-electron chi connectivity index (χ2n) is 8.14. The van der Waals surface area contributed by atoms with Crippen LogP contribution in [0, 0.1) is 11.3 Å². The first kappa shape index (κ1) is 17.2. The molecule has 0 aromatic rings. The second kappa shape index (κ2) is 6.97. The maximum absolute atomic E-state index is 6.57. The highest BCUT2D eigenvalue weighted by molar-refractivity contribution is 4.97. The minimum Gasteiger partial charge on any atom is -0.376 e. The summed E-state index contributed by atoms with van der Waals surface area (Å²) in [7, 11) is 0. The third kappa shape index (κ3) is 4.43. The summed E-state index contributed by atoms with van der Waals surface area (Å²) in [6.45, 7) is 16.4. The predicted octanol–water partition coefficient (Wildman–Crippen LogP) is 3.72. The number of ether oxygens (including phenoxy) is 2. The molecule has 2 fully saturated rings. The quantitative estimate of drug-likeness (QED) is 0.772. The number of nitrogens with zero attached hydrogens (tertiary/aromatic N) is 1. The van der Waals surface area contributed by atoms with Crippen LogP contribution in [0.4, 0.5) is 0 Å². The summed E-state index contributed by atoms with van der Waals surface area (Å²) in [6.07, 6.45) is 5.09. The van der Waals surface area contributed by atoms with Crippen LogP contribution in [0.1, 0.15) is 60.3 Å². The van der Waals surface area contributed by atoms with Crippen LogP contribution < -0.4 is 0 Å². The van der Waals surface area contributed by atoms with Crippen LogP contribution in [-0.4, -0.2) is 49.5 Å². The van der Waals surface area contributed by atoms with E-state index in [4.69, 9.17) is 9.47 Å². The molecular formula is C18H35NO2. The Balaban J connectivity index is 1.92.